The second kappa shape index (κ2) is 11.5. The van der Waals surface area contributed by atoms with Gasteiger partial charge in [0.25, 0.3) is 7.82 Å². The van der Waals surface area contributed by atoms with Gasteiger partial charge in [0.2, 0.25) is 0 Å². The second-order valence-corrected chi connectivity index (χ2v) is 9.76. The molecule has 0 radical (unpaired) electrons. The Morgan fingerprint density at radius 1 is 0.781 bits per heavy atom. The monoisotopic (exact) mass is 469 g/mol. The fourth-order valence-corrected chi connectivity index (χ4v) is 3.89. The highest BCUT2D eigenvalue weighted by Gasteiger charge is 2.17. The molecule has 0 saturated carbocycles. The van der Waals surface area contributed by atoms with Crippen molar-refractivity contribution < 1.29 is 43.4 Å². The summed E-state index contributed by atoms with van der Waals surface area (Å²) in [5.41, 5.74) is 1.67. The van der Waals surface area contributed by atoms with Crippen molar-refractivity contribution >= 4 is 7.82 Å². The van der Waals surface area contributed by atoms with Gasteiger partial charge in [-0.2, -0.15) is 0 Å². The molecule has 0 aromatic heterocycles. The number of phosphoric acid groups is 1. The van der Waals surface area contributed by atoms with Crippen LogP contribution < -0.4 is 4.89 Å². The van der Waals surface area contributed by atoms with Crippen LogP contribution in [0.25, 0.3) is 0 Å². The highest BCUT2D eigenvalue weighted by molar-refractivity contribution is 7.45. The molecule has 2 rings (SSSR count). The standard InChI is InChI=1S/C22H32NO8P/c1-23(2,11-3-5-17-7-9-19(24)21(26)15-17)12-14-31-32(28,29)30-13-4-6-18-8-10-20(25)22(27)16-18/h7-10,15-16H,3-6,11-14H2,1-2H3,(H4-,24,25,26,27,28,29). The van der Waals surface area contributed by atoms with Gasteiger partial charge in [0.15, 0.2) is 23.0 Å². The predicted octanol–water partition coefficient (Wildman–Crippen LogP) is 2.65. The smallest absolute Gasteiger partial charge is 0.268 e. The molecule has 9 nitrogen and oxygen atoms in total. The van der Waals surface area contributed by atoms with Crippen molar-refractivity contribution in [2.24, 2.45) is 0 Å². The molecule has 2 aromatic carbocycles. The largest absolute Gasteiger partial charge is 0.756 e. The van der Waals surface area contributed by atoms with Crippen LogP contribution in [0.2, 0.25) is 0 Å². The zero-order valence-electron chi connectivity index (χ0n) is 18.4. The number of quaternary nitrogens is 1. The zero-order valence-corrected chi connectivity index (χ0v) is 19.3. The topological polar surface area (TPSA) is 140 Å². The summed E-state index contributed by atoms with van der Waals surface area (Å²) >= 11 is 0. The number of aryl methyl sites for hydroxylation is 2. The van der Waals surface area contributed by atoms with Crippen molar-refractivity contribution in [3.05, 3.63) is 47.5 Å². The lowest BCUT2D eigenvalue weighted by atomic mass is 10.1. The Kier molecular flexibility index (Phi) is 9.36. The first-order chi connectivity index (χ1) is 15.0. The highest BCUT2D eigenvalue weighted by Crippen LogP contribution is 2.38. The fourth-order valence-electron chi connectivity index (χ4n) is 3.16. The molecule has 10 heteroatoms. The Labute approximate surface area is 188 Å². The summed E-state index contributed by atoms with van der Waals surface area (Å²) in [6, 6.07) is 9.20. The summed E-state index contributed by atoms with van der Waals surface area (Å²) < 4.78 is 22.4. The summed E-state index contributed by atoms with van der Waals surface area (Å²) in [6.07, 6.45) is 2.43. The molecule has 0 fully saturated rings. The Hall–Kier alpha value is -2.29. The molecule has 1 atom stereocenters. The molecule has 0 bridgehead atoms. The normalized spacial score (nSPS) is 13.7. The molecule has 0 heterocycles. The van der Waals surface area contributed by atoms with E-state index in [9.17, 15) is 29.9 Å². The van der Waals surface area contributed by atoms with Gasteiger partial charge in [0.05, 0.1) is 27.2 Å². The minimum Gasteiger partial charge on any atom is -0.756 e. The van der Waals surface area contributed by atoms with E-state index >= 15 is 0 Å². The molecule has 0 aliphatic carbocycles. The van der Waals surface area contributed by atoms with E-state index < -0.39 is 7.82 Å². The molecule has 1 unspecified atom stereocenters. The third kappa shape index (κ3) is 9.06. The lowest BCUT2D eigenvalue weighted by molar-refractivity contribution is -0.890. The van der Waals surface area contributed by atoms with Gasteiger partial charge in [-0.05, 0) is 54.7 Å². The number of hydrogen-bond donors (Lipinski definition) is 4. The van der Waals surface area contributed by atoms with Crippen LogP contribution in [-0.2, 0) is 26.5 Å². The number of likely N-dealkylation sites (N-methyl/N-ethyl adjacent to an activating group) is 1. The van der Waals surface area contributed by atoms with E-state index in [1.807, 2.05) is 14.1 Å². The van der Waals surface area contributed by atoms with E-state index in [1.54, 1.807) is 12.1 Å². The summed E-state index contributed by atoms with van der Waals surface area (Å²) in [4.78, 5) is 11.9. The molecule has 0 amide bonds. The van der Waals surface area contributed by atoms with Crippen molar-refractivity contribution in [3.8, 4) is 23.0 Å². The van der Waals surface area contributed by atoms with Gasteiger partial charge >= 0.3 is 0 Å². The first kappa shape index (κ1) is 26.0. The predicted molar refractivity (Wildman–Crippen MR) is 118 cm³/mol. The molecule has 178 valence electrons. The van der Waals surface area contributed by atoms with Crippen molar-refractivity contribution in [1.82, 2.24) is 0 Å². The van der Waals surface area contributed by atoms with Crippen LogP contribution in [0.15, 0.2) is 36.4 Å². The van der Waals surface area contributed by atoms with Crippen LogP contribution in [0.4, 0.5) is 0 Å². The molecular weight excluding hydrogens is 437 g/mol. The number of nitrogens with zero attached hydrogens (tertiary/aromatic N) is 1. The lowest BCUT2D eigenvalue weighted by Gasteiger charge is -2.31. The average molecular weight is 469 g/mol. The summed E-state index contributed by atoms with van der Waals surface area (Å²) in [5, 5.41) is 37.7. The van der Waals surface area contributed by atoms with Gasteiger partial charge in [0, 0.05) is 6.42 Å². The van der Waals surface area contributed by atoms with Crippen LogP contribution in [-0.4, -0.2) is 65.3 Å². The zero-order chi connectivity index (χ0) is 23.8. The van der Waals surface area contributed by atoms with Gasteiger partial charge in [-0.1, -0.05) is 12.1 Å². The van der Waals surface area contributed by atoms with Crippen molar-refractivity contribution in [2.75, 3.05) is 40.4 Å². The molecule has 4 N–H and O–H groups in total. The van der Waals surface area contributed by atoms with Gasteiger partial charge < -0.3 is 38.9 Å². The second-order valence-electron chi connectivity index (χ2n) is 8.35. The van der Waals surface area contributed by atoms with E-state index in [1.165, 1.54) is 24.3 Å². The molecule has 0 spiro atoms. The van der Waals surface area contributed by atoms with Crippen LogP contribution in [0.1, 0.15) is 24.0 Å². The Balaban J connectivity index is 1.64. The molecule has 0 aliphatic heterocycles. The number of hydrogen-bond acceptors (Lipinski definition) is 8. The third-order valence-electron chi connectivity index (χ3n) is 5.11. The quantitative estimate of drug-likeness (QED) is 0.152. The van der Waals surface area contributed by atoms with Gasteiger partial charge in [-0.15, -0.1) is 0 Å². The minimum atomic E-state index is -4.40. The third-order valence-corrected chi connectivity index (χ3v) is 6.11. The summed E-state index contributed by atoms with van der Waals surface area (Å²) in [5.74, 6) is -0.713. The molecular formula is C22H32NO8P. The number of aromatic hydroxyl groups is 4. The fraction of sp³-hybridized carbons (Fsp3) is 0.455. The minimum absolute atomic E-state index is 0.000387. The van der Waals surface area contributed by atoms with Gasteiger partial charge in [-0.25, -0.2) is 0 Å². The lowest BCUT2D eigenvalue weighted by Crippen LogP contribution is -2.43. The number of phosphoric ester groups is 1. The first-order valence-corrected chi connectivity index (χ1v) is 11.9. The number of benzene rings is 2. The highest BCUT2D eigenvalue weighted by atomic mass is 31.2. The van der Waals surface area contributed by atoms with Crippen molar-refractivity contribution in [1.29, 1.82) is 0 Å². The Morgan fingerprint density at radius 3 is 1.81 bits per heavy atom. The van der Waals surface area contributed by atoms with Crippen molar-refractivity contribution in [3.63, 3.8) is 0 Å². The van der Waals surface area contributed by atoms with Gasteiger partial charge in [-0.3, -0.25) is 4.57 Å². The van der Waals surface area contributed by atoms with Crippen molar-refractivity contribution in [2.45, 2.75) is 25.7 Å². The van der Waals surface area contributed by atoms with E-state index in [-0.39, 0.29) is 36.2 Å². The van der Waals surface area contributed by atoms with Crippen LogP contribution in [0, 0.1) is 0 Å². The number of phenolic OH excluding ortho intramolecular Hbond substituents is 4. The summed E-state index contributed by atoms with van der Waals surface area (Å²) in [6.45, 7) is 1.21. The number of rotatable bonds is 13. The maximum absolute atomic E-state index is 11.9. The Morgan fingerprint density at radius 2 is 1.28 bits per heavy atom. The average Bonchev–Trinajstić information content (AvgIpc) is 2.70. The molecule has 32 heavy (non-hydrogen) atoms. The molecule has 0 saturated heterocycles. The summed E-state index contributed by atoms with van der Waals surface area (Å²) in [7, 11) is -0.455. The van der Waals surface area contributed by atoms with Crippen LogP contribution in [0.3, 0.4) is 0 Å². The maximum Gasteiger partial charge on any atom is 0.268 e. The molecule has 0 aliphatic rings. The first-order valence-electron chi connectivity index (χ1n) is 10.4. The maximum atomic E-state index is 11.9. The Bertz CT molecular complexity index is 934. The van der Waals surface area contributed by atoms with Crippen LogP contribution >= 0.6 is 7.82 Å². The van der Waals surface area contributed by atoms with E-state index in [0.717, 1.165) is 30.5 Å². The van der Waals surface area contributed by atoms with Gasteiger partial charge in [0.1, 0.15) is 13.2 Å². The van der Waals surface area contributed by atoms with E-state index in [4.69, 9.17) is 9.05 Å². The van der Waals surface area contributed by atoms with Crippen LogP contribution in [0.5, 0.6) is 23.0 Å². The molecule has 2 aromatic rings. The van der Waals surface area contributed by atoms with E-state index in [0.29, 0.717) is 23.9 Å². The SMILES string of the molecule is C[N+](C)(CCCc1ccc(O)c(O)c1)CCOP(=O)([O-])OCCCc1ccc(O)c(O)c1. The van der Waals surface area contributed by atoms with E-state index in [2.05, 4.69) is 0 Å². The number of phenols is 4.